The SMILES string of the molecule is O=C(Nc1ncc(Cc2ccccc2Cl)s1)c1ccc(NC(=O)C2CC2)cc1. The van der Waals surface area contributed by atoms with Gasteiger partial charge in [-0.05, 0) is 48.7 Å². The van der Waals surface area contributed by atoms with Gasteiger partial charge < -0.3 is 5.32 Å². The van der Waals surface area contributed by atoms with Crippen LogP contribution in [-0.4, -0.2) is 16.8 Å². The highest BCUT2D eigenvalue weighted by molar-refractivity contribution is 7.15. The number of carbonyl (C=O) groups excluding carboxylic acids is 2. The Labute approximate surface area is 171 Å². The summed E-state index contributed by atoms with van der Waals surface area (Å²) in [6.45, 7) is 0. The zero-order valence-corrected chi connectivity index (χ0v) is 16.5. The second-order valence-corrected chi connectivity index (χ2v) is 8.22. The van der Waals surface area contributed by atoms with Crippen LogP contribution in [0.5, 0.6) is 0 Å². The van der Waals surface area contributed by atoms with Crippen molar-refractivity contribution >= 4 is 45.6 Å². The van der Waals surface area contributed by atoms with Crippen molar-refractivity contribution in [1.29, 1.82) is 0 Å². The highest BCUT2D eigenvalue weighted by atomic mass is 35.5. The predicted octanol–water partition coefficient (Wildman–Crippen LogP) is 4.99. The van der Waals surface area contributed by atoms with Gasteiger partial charge in [-0.15, -0.1) is 11.3 Å². The summed E-state index contributed by atoms with van der Waals surface area (Å²) < 4.78 is 0. The average molecular weight is 412 g/mol. The molecule has 2 aromatic carbocycles. The molecule has 1 aromatic heterocycles. The summed E-state index contributed by atoms with van der Waals surface area (Å²) >= 11 is 7.62. The number of carbonyl (C=O) groups is 2. The number of rotatable bonds is 6. The molecule has 1 saturated carbocycles. The molecule has 1 aliphatic carbocycles. The second kappa shape index (κ2) is 8.12. The zero-order valence-electron chi connectivity index (χ0n) is 14.9. The molecule has 0 radical (unpaired) electrons. The first-order valence-corrected chi connectivity index (χ1v) is 10.2. The third kappa shape index (κ3) is 4.58. The zero-order chi connectivity index (χ0) is 19.5. The number of hydrogen-bond acceptors (Lipinski definition) is 4. The minimum absolute atomic E-state index is 0.0473. The molecule has 0 atom stereocenters. The van der Waals surface area contributed by atoms with Crippen LogP contribution in [0.25, 0.3) is 0 Å². The normalized spacial score (nSPS) is 13.2. The first-order valence-electron chi connectivity index (χ1n) is 8.99. The highest BCUT2D eigenvalue weighted by Crippen LogP contribution is 2.30. The van der Waals surface area contributed by atoms with E-state index < -0.39 is 0 Å². The van der Waals surface area contributed by atoms with Crippen LogP contribution < -0.4 is 10.6 Å². The number of amides is 2. The third-order valence-corrected chi connectivity index (χ3v) is 5.74. The van der Waals surface area contributed by atoms with E-state index in [1.54, 1.807) is 30.5 Å². The van der Waals surface area contributed by atoms with Gasteiger partial charge in [-0.2, -0.15) is 0 Å². The fourth-order valence-corrected chi connectivity index (χ4v) is 3.77. The van der Waals surface area contributed by atoms with Crippen LogP contribution in [0.3, 0.4) is 0 Å². The van der Waals surface area contributed by atoms with Gasteiger partial charge in [0.25, 0.3) is 5.91 Å². The van der Waals surface area contributed by atoms with Crippen molar-refractivity contribution in [3.8, 4) is 0 Å². The maximum absolute atomic E-state index is 12.4. The number of nitrogens with zero attached hydrogens (tertiary/aromatic N) is 1. The number of hydrogen-bond donors (Lipinski definition) is 2. The van der Waals surface area contributed by atoms with E-state index in [0.717, 1.165) is 28.3 Å². The van der Waals surface area contributed by atoms with Crippen LogP contribution in [0.15, 0.2) is 54.7 Å². The molecular weight excluding hydrogens is 394 g/mol. The van der Waals surface area contributed by atoms with E-state index in [1.807, 2.05) is 24.3 Å². The standard InChI is InChI=1S/C21H18ClN3O2S/c22-18-4-2-1-3-15(18)11-17-12-23-21(28-17)25-20(27)14-7-9-16(10-8-14)24-19(26)13-5-6-13/h1-4,7-10,12-13H,5-6,11H2,(H,24,26)(H,23,25,27). The van der Waals surface area contributed by atoms with Crippen molar-refractivity contribution in [2.45, 2.75) is 19.3 Å². The fourth-order valence-electron chi connectivity index (χ4n) is 2.74. The summed E-state index contributed by atoms with van der Waals surface area (Å²) in [4.78, 5) is 29.5. The Morgan fingerprint density at radius 1 is 1.07 bits per heavy atom. The van der Waals surface area contributed by atoms with Gasteiger partial charge in [0.15, 0.2) is 5.13 Å². The van der Waals surface area contributed by atoms with Crippen molar-refractivity contribution in [2.75, 3.05) is 10.6 Å². The van der Waals surface area contributed by atoms with Crippen molar-refractivity contribution < 1.29 is 9.59 Å². The second-order valence-electron chi connectivity index (χ2n) is 6.69. The largest absolute Gasteiger partial charge is 0.326 e. The van der Waals surface area contributed by atoms with Gasteiger partial charge in [-0.1, -0.05) is 29.8 Å². The Morgan fingerprint density at radius 2 is 1.82 bits per heavy atom. The molecule has 0 saturated heterocycles. The molecule has 0 bridgehead atoms. The summed E-state index contributed by atoms with van der Waals surface area (Å²) in [6, 6.07) is 14.5. The van der Waals surface area contributed by atoms with Gasteiger partial charge in [0.05, 0.1) is 0 Å². The first kappa shape index (κ1) is 18.7. The van der Waals surface area contributed by atoms with E-state index in [-0.39, 0.29) is 17.7 Å². The van der Waals surface area contributed by atoms with Crippen molar-refractivity contribution in [3.63, 3.8) is 0 Å². The molecule has 4 rings (SSSR count). The minimum atomic E-state index is -0.237. The molecule has 1 fully saturated rings. The van der Waals surface area contributed by atoms with E-state index in [4.69, 9.17) is 11.6 Å². The van der Waals surface area contributed by atoms with Crippen LogP contribution in [0.2, 0.25) is 5.02 Å². The Morgan fingerprint density at radius 3 is 2.54 bits per heavy atom. The molecule has 1 aliphatic rings. The molecule has 0 aliphatic heterocycles. The van der Waals surface area contributed by atoms with Gasteiger partial charge >= 0.3 is 0 Å². The summed E-state index contributed by atoms with van der Waals surface area (Å²) in [7, 11) is 0. The maximum Gasteiger partial charge on any atom is 0.257 e. The minimum Gasteiger partial charge on any atom is -0.326 e. The van der Waals surface area contributed by atoms with Gasteiger partial charge in [0, 0.05) is 39.7 Å². The summed E-state index contributed by atoms with van der Waals surface area (Å²) in [6.07, 6.45) is 4.33. The molecule has 0 spiro atoms. The van der Waals surface area contributed by atoms with Crippen molar-refractivity contribution in [2.24, 2.45) is 5.92 Å². The van der Waals surface area contributed by atoms with Gasteiger partial charge in [0.1, 0.15) is 0 Å². The lowest BCUT2D eigenvalue weighted by Gasteiger charge is -2.06. The summed E-state index contributed by atoms with van der Waals surface area (Å²) in [5.74, 6) is -0.0439. The Kier molecular flexibility index (Phi) is 5.41. The Hall–Kier alpha value is -2.70. The first-order chi connectivity index (χ1) is 13.6. The van der Waals surface area contributed by atoms with Crippen LogP contribution in [0.4, 0.5) is 10.8 Å². The molecule has 3 aromatic rings. The quantitative estimate of drug-likeness (QED) is 0.600. The monoisotopic (exact) mass is 411 g/mol. The van der Waals surface area contributed by atoms with Crippen LogP contribution >= 0.6 is 22.9 Å². The summed E-state index contributed by atoms with van der Waals surface area (Å²) in [5.41, 5.74) is 2.23. The van der Waals surface area contributed by atoms with E-state index in [9.17, 15) is 9.59 Å². The topological polar surface area (TPSA) is 71.1 Å². The molecule has 2 N–H and O–H groups in total. The van der Waals surface area contributed by atoms with Gasteiger partial charge in [0.2, 0.25) is 5.91 Å². The Balaban J connectivity index is 1.36. The molecule has 28 heavy (non-hydrogen) atoms. The Bertz CT molecular complexity index is 1010. The lowest BCUT2D eigenvalue weighted by molar-refractivity contribution is -0.117. The summed E-state index contributed by atoms with van der Waals surface area (Å²) in [5, 5.41) is 6.93. The third-order valence-electron chi connectivity index (χ3n) is 4.46. The smallest absolute Gasteiger partial charge is 0.257 e. The van der Waals surface area contributed by atoms with Crippen LogP contribution in [0, 0.1) is 5.92 Å². The number of halogens is 1. The van der Waals surface area contributed by atoms with E-state index in [0.29, 0.717) is 22.8 Å². The van der Waals surface area contributed by atoms with Gasteiger partial charge in [-0.3, -0.25) is 14.9 Å². The van der Waals surface area contributed by atoms with Crippen LogP contribution in [-0.2, 0) is 11.2 Å². The number of anilines is 2. The molecule has 5 nitrogen and oxygen atoms in total. The number of nitrogens with one attached hydrogen (secondary N) is 2. The van der Waals surface area contributed by atoms with E-state index in [1.165, 1.54) is 11.3 Å². The van der Waals surface area contributed by atoms with E-state index >= 15 is 0 Å². The highest BCUT2D eigenvalue weighted by Gasteiger charge is 2.29. The lowest BCUT2D eigenvalue weighted by Crippen LogP contribution is -2.14. The predicted molar refractivity (Wildman–Crippen MR) is 112 cm³/mol. The van der Waals surface area contributed by atoms with Crippen molar-refractivity contribution in [3.05, 3.63) is 75.8 Å². The molecule has 142 valence electrons. The van der Waals surface area contributed by atoms with Crippen LogP contribution in [0.1, 0.15) is 33.6 Å². The molecule has 1 heterocycles. The number of aromatic nitrogens is 1. The molecule has 0 unspecified atom stereocenters. The van der Waals surface area contributed by atoms with Crippen molar-refractivity contribution in [1.82, 2.24) is 4.98 Å². The average Bonchev–Trinajstić information content (AvgIpc) is 3.46. The lowest BCUT2D eigenvalue weighted by atomic mass is 10.1. The maximum atomic E-state index is 12.4. The molecule has 2 amide bonds. The molecule has 7 heteroatoms. The fraction of sp³-hybridized carbons (Fsp3) is 0.190. The van der Waals surface area contributed by atoms with Gasteiger partial charge in [-0.25, -0.2) is 4.98 Å². The molecular formula is C21H18ClN3O2S. The number of benzene rings is 2. The van der Waals surface area contributed by atoms with E-state index in [2.05, 4.69) is 15.6 Å². The number of thiazole rings is 1.